The zero-order valence-corrected chi connectivity index (χ0v) is 15.4. The van der Waals surface area contributed by atoms with E-state index < -0.39 is 0 Å². The summed E-state index contributed by atoms with van der Waals surface area (Å²) >= 11 is 0. The van der Waals surface area contributed by atoms with Crippen LogP contribution in [-0.4, -0.2) is 67.6 Å². The first-order valence-corrected chi connectivity index (χ1v) is 8.96. The van der Waals surface area contributed by atoms with Gasteiger partial charge in [-0.3, -0.25) is 19.6 Å². The molecule has 0 spiro atoms. The molecule has 1 atom stereocenters. The summed E-state index contributed by atoms with van der Waals surface area (Å²) < 4.78 is 5.13. The van der Waals surface area contributed by atoms with Gasteiger partial charge in [-0.25, -0.2) is 0 Å². The van der Waals surface area contributed by atoms with Crippen molar-refractivity contribution in [1.82, 2.24) is 20.5 Å². The number of aliphatic imine (C=N–C) groups is 1. The van der Waals surface area contributed by atoms with Gasteiger partial charge in [0.2, 0.25) is 0 Å². The number of piperidine rings is 1. The molecule has 1 aromatic rings. The van der Waals surface area contributed by atoms with Crippen LogP contribution in [0, 0.1) is 5.92 Å². The number of esters is 1. The van der Waals surface area contributed by atoms with Crippen molar-refractivity contribution in [2.24, 2.45) is 10.9 Å². The molecule has 2 heterocycles. The third-order valence-corrected chi connectivity index (χ3v) is 4.17. The number of carbonyl (C=O) groups excluding carboxylic acids is 2. The third-order valence-electron chi connectivity index (χ3n) is 4.17. The van der Waals surface area contributed by atoms with E-state index in [1.165, 1.54) is 6.20 Å². The van der Waals surface area contributed by atoms with Gasteiger partial charge in [-0.05, 0) is 31.9 Å². The van der Waals surface area contributed by atoms with Gasteiger partial charge in [-0.1, -0.05) is 0 Å². The Morgan fingerprint density at radius 1 is 1.38 bits per heavy atom. The summed E-state index contributed by atoms with van der Waals surface area (Å²) in [6, 6.07) is 3.45. The van der Waals surface area contributed by atoms with Crippen LogP contribution in [0.4, 0.5) is 0 Å². The van der Waals surface area contributed by atoms with E-state index in [2.05, 4.69) is 25.5 Å². The zero-order chi connectivity index (χ0) is 18.8. The average molecular weight is 361 g/mol. The second-order valence-corrected chi connectivity index (χ2v) is 6.01. The van der Waals surface area contributed by atoms with Gasteiger partial charge in [0.1, 0.15) is 0 Å². The van der Waals surface area contributed by atoms with E-state index in [0.717, 1.165) is 25.3 Å². The number of pyridine rings is 1. The van der Waals surface area contributed by atoms with Crippen molar-refractivity contribution in [3.05, 3.63) is 30.1 Å². The van der Waals surface area contributed by atoms with Crippen molar-refractivity contribution in [2.45, 2.75) is 19.8 Å². The number of carbonyl (C=O) groups is 2. The van der Waals surface area contributed by atoms with Gasteiger partial charge >= 0.3 is 5.97 Å². The summed E-state index contributed by atoms with van der Waals surface area (Å²) in [5, 5.41) is 6.07. The summed E-state index contributed by atoms with van der Waals surface area (Å²) in [4.78, 5) is 34.2. The lowest BCUT2D eigenvalue weighted by Crippen LogP contribution is -2.49. The highest BCUT2D eigenvalue weighted by Gasteiger charge is 2.28. The Kier molecular flexibility index (Phi) is 7.85. The second-order valence-electron chi connectivity index (χ2n) is 6.01. The molecule has 142 valence electrons. The first-order chi connectivity index (χ1) is 12.7. The van der Waals surface area contributed by atoms with E-state index in [1.54, 1.807) is 25.4 Å². The average Bonchev–Trinajstić information content (AvgIpc) is 2.69. The molecule has 0 aromatic carbocycles. The fourth-order valence-corrected chi connectivity index (χ4v) is 2.90. The minimum atomic E-state index is -0.157. The zero-order valence-electron chi connectivity index (χ0n) is 15.4. The third kappa shape index (κ3) is 5.72. The molecular weight excluding hydrogens is 334 g/mol. The van der Waals surface area contributed by atoms with E-state index in [9.17, 15) is 9.59 Å². The normalized spacial score (nSPS) is 17.5. The second kappa shape index (κ2) is 10.4. The van der Waals surface area contributed by atoms with Gasteiger partial charge in [0.05, 0.1) is 18.1 Å². The number of hydrogen-bond acceptors (Lipinski definition) is 5. The molecule has 8 heteroatoms. The Morgan fingerprint density at radius 2 is 2.19 bits per heavy atom. The van der Waals surface area contributed by atoms with Crippen LogP contribution in [0.1, 0.15) is 30.1 Å². The Balaban J connectivity index is 1.76. The summed E-state index contributed by atoms with van der Waals surface area (Å²) in [5.41, 5.74) is 0.533. The molecule has 26 heavy (non-hydrogen) atoms. The highest BCUT2D eigenvalue weighted by molar-refractivity contribution is 5.93. The highest BCUT2D eigenvalue weighted by atomic mass is 16.5. The van der Waals surface area contributed by atoms with Gasteiger partial charge < -0.3 is 20.3 Å². The summed E-state index contributed by atoms with van der Waals surface area (Å²) in [5.74, 6) is 0.314. The standard InChI is InChI=1S/C18H27N5O3/c1-3-26-17(25)15-7-5-11-23(13-15)18(19-2)22-10-9-21-16(24)14-6-4-8-20-12-14/h4,6,8,12,15H,3,5,7,9-11,13H2,1-2H3,(H,19,22)(H,21,24). The van der Waals surface area contributed by atoms with Crippen LogP contribution < -0.4 is 10.6 Å². The maximum absolute atomic E-state index is 12.0. The van der Waals surface area contributed by atoms with Gasteiger partial charge in [0.25, 0.3) is 5.91 Å². The molecule has 2 N–H and O–H groups in total. The van der Waals surface area contributed by atoms with Crippen LogP contribution >= 0.6 is 0 Å². The van der Waals surface area contributed by atoms with Crippen molar-refractivity contribution in [3.63, 3.8) is 0 Å². The van der Waals surface area contributed by atoms with Crippen LogP contribution in [0.25, 0.3) is 0 Å². The van der Waals surface area contributed by atoms with Crippen LogP contribution in [0.5, 0.6) is 0 Å². The number of nitrogens with zero attached hydrogens (tertiary/aromatic N) is 3. The van der Waals surface area contributed by atoms with E-state index in [4.69, 9.17) is 4.74 Å². The molecule has 1 aliphatic rings. The summed E-state index contributed by atoms with van der Waals surface area (Å²) in [6.07, 6.45) is 4.92. The van der Waals surface area contributed by atoms with Crippen LogP contribution in [-0.2, 0) is 9.53 Å². The minimum Gasteiger partial charge on any atom is -0.466 e. The predicted molar refractivity (Wildman–Crippen MR) is 98.9 cm³/mol. The van der Waals surface area contributed by atoms with E-state index in [-0.39, 0.29) is 17.8 Å². The lowest BCUT2D eigenvalue weighted by atomic mass is 9.98. The number of nitrogens with one attached hydrogen (secondary N) is 2. The van der Waals surface area contributed by atoms with Crippen molar-refractivity contribution in [1.29, 1.82) is 0 Å². The Morgan fingerprint density at radius 3 is 2.88 bits per heavy atom. The molecule has 1 saturated heterocycles. The molecule has 0 radical (unpaired) electrons. The lowest BCUT2D eigenvalue weighted by molar-refractivity contribution is -0.149. The van der Waals surface area contributed by atoms with Crippen molar-refractivity contribution in [2.75, 3.05) is 39.8 Å². The largest absolute Gasteiger partial charge is 0.466 e. The fraction of sp³-hybridized carbons (Fsp3) is 0.556. The van der Waals surface area contributed by atoms with Crippen LogP contribution in [0.3, 0.4) is 0 Å². The molecular formula is C18H27N5O3. The minimum absolute atomic E-state index is 0.118. The van der Waals surface area contributed by atoms with Crippen LogP contribution in [0.15, 0.2) is 29.5 Å². The Bertz CT molecular complexity index is 621. The molecule has 1 amide bonds. The van der Waals surface area contributed by atoms with Crippen molar-refractivity contribution < 1.29 is 14.3 Å². The molecule has 8 nitrogen and oxygen atoms in total. The molecule has 1 fully saturated rings. The molecule has 0 bridgehead atoms. The number of amides is 1. The number of aromatic nitrogens is 1. The lowest BCUT2D eigenvalue weighted by Gasteiger charge is -2.33. The number of rotatable bonds is 6. The van der Waals surface area contributed by atoms with Crippen molar-refractivity contribution >= 4 is 17.8 Å². The van der Waals surface area contributed by atoms with Crippen LogP contribution in [0.2, 0.25) is 0 Å². The van der Waals surface area contributed by atoms with E-state index in [1.807, 2.05) is 6.92 Å². The van der Waals surface area contributed by atoms with E-state index >= 15 is 0 Å². The summed E-state index contributed by atoms with van der Waals surface area (Å²) in [6.45, 7) is 4.66. The monoisotopic (exact) mass is 361 g/mol. The first-order valence-electron chi connectivity index (χ1n) is 8.96. The maximum atomic E-state index is 12.0. The SMILES string of the molecule is CCOC(=O)C1CCCN(C(=NC)NCCNC(=O)c2cccnc2)C1. The topological polar surface area (TPSA) is 95.9 Å². The Hall–Kier alpha value is -2.64. The number of guanidine groups is 1. The maximum Gasteiger partial charge on any atom is 0.310 e. The number of likely N-dealkylation sites (tertiary alicyclic amines) is 1. The van der Waals surface area contributed by atoms with E-state index in [0.29, 0.717) is 31.8 Å². The molecule has 1 unspecified atom stereocenters. The molecule has 0 aliphatic carbocycles. The van der Waals surface area contributed by atoms with Gasteiger partial charge in [0, 0.05) is 45.6 Å². The quantitative estimate of drug-likeness (QED) is 0.334. The molecule has 1 aliphatic heterocycles. The molecule has 0 saturated carbocycles. The van der Waals surface area contributed by atoms with Crippen molar-refractivity contribution in [3.8, 4) is 0 Å². The Labute approximate surface area is 154 Å². The predicted octanol–water partition coefficient (Wildman–Crippen LogP) is 0.662. The fourth-order valence-electron chi connectivity index (χ4n) is 2.90. The van der Waals surface area contributed by atoms with Gasteiger partial charge in [0.15, 0.2) is 5.96 Å². The molecule has 1 aromatic heterocycles. The van der Waals surface area contributed by atoms with Gasteiger partial charge in [-0.15, -0.1) is 0 Å². The number of ether oxygens (including phenoxy) is 1. The number of hydrogen-bond donors (Lipinski definition) is 2. The highest BCUT2D eigenvalue weighted by Crippen LogP contribution is 2.17. The first kappa shape index (κ1) is 19.7. The van der Waals surface area contributed by atoms with Gasteiger partial charge in [-0.2, -0.15) is 0 Å². The smallest absolute Gasteiger partial charge is 0.310 e. The summed E-state index contributed by atoms with van der Waals surface area (Å²) in [7, 11) is 1.71. The molecule has 2 rings (SSSR count).